The van der Waals surface area contributed by atoms with E-state index >= 15 is 0 Å². The van der Waals surface area contributed by atoms with Crippen LogP contribution in [-0.2, 0) is 27.9 Å². The lowest BCUT2D eigenvalue weighted by Crippen LogP contribution is -2.37. The predicted molar refractivity (Wildman–Crippen MR) is 152 cm³/mol. The molecule has 0 bridgehead atoms. The molecule has 0 aliphatic carbocycles. The van der Waals surface area contributed by atoms with Crippen LogP contribution in [0, 0.1) is 10.8 Å². The smallest absolute Gasteiger partial charge is 0.308 e. The number of ether oxygens (including phenoxy) is 2. The number of carbonyl (C=O) groups excluding carboxylic acids is 1. The molecule has 0 amide bonds. The minimum atomic E-state index is -0.757. The van der Waals surface area contributed by atoms with Gasteiger partial charge in [0, 0.05) is 24.2 Å². The molecule has 4 rings (SSSR count). The molecule has 2 N–H and O–H groups in total. The minimum absolute atomic E-state index is 0.0396. The van der Waals surface area contributed by atoms with Crippen molar-refractivity contribution in [2.24, 2.45) is 5.41 Å². The molecule has 0 unspecified atom stereocenters. The molecule has 218 valence electrons. The van der Waals surface area contributed by atoms with E-state index in [0.717, 1.165) is 42.2 Å². The number of morpholine rings is 1. The molecule has 1 aromatic carbocycles. The number of Topliss-reactive ketones (excluding diaryl/α,β-unsaturated/α-hetero) is 1. The number of anilines is 1. The average molecular weight is 555 g/mol. The Hall–Kier alpha value is -3.73. The number of ketones is 1. The van der Waals surface area contributed by atoms with Crippen LogP contribution in [0.1, 0.15) is 70.1 Å². The summed E-state index contributed by atoms with van der Waals surface area (Å²) < 4.78 is 14.2. The van der Waals surface area contributed by atoms with Gasteiger partial charge in [0.2, 0.25) is 5.62 Å². The summed E-state index contributed by atoms with van der Waals surface area (Å²) >= 11 is 0. The summed E-state index contributed by atoms with van der Waals surface area (Å²) in [4.78, 5) is 25.6. The monoisotopic (exact) mass is 554 g/mol. The Morgan fingerprint density at radius 2 is 1.70 bits per heavy atom. The van der Waals surface area contributed by atoms with Gasteiger partial charge in [-0.25, -0.2) is 4.68 Å². The molecule has 1 aliphatic rings. The Balaban J connectivity index is 0.000000559. The molecule has 0 radical (unpaired) electrons. The van der Waals surface area contributed by atoms with Gasteiger partial charge in [-0.3, -0.25) is 15.0 Å². The van der Waals surface area contributed by atoms with E-state index in [1.165, 1.54) is 9.20 Å². The summed E-state index contributed by atoms with van der Waals surface area (Å²) in [5.41, 5.74) is 3.13. The third kappa shape index (κ3) is 7.07. The van der Waals surface area contributed by atoms with E-state index in [0.29, 0.717) is 24.4 Å². The van der Waals surface area contributed by atoms with Crippen molar-refractivity contribution in [2.45, 2.75) is 66.8 Å². The lowest BCUT2D eigenvalue weighted by molar-refractivity contribution is -0.145. The molecular formula is C29H42N6O5. The molecule has 2 aromatic heterocycles. The lowest BCUT2D eigenvalue weighted by atomic mass is 9.84. The highest BCUT2D eigenvalue weighted by Gasteiger charge is 2.27. The van der Waals surface area contributed by atoms with E-state index in [9.17, 15) is 9.59 Å². The van der Waals surface area contributed by atoms with Crippen LogP contribution in [0.15, 0.2) is 24.3 Å². The number of nitrogens with one attached hydrogen (secondary N) is 1. The topological polar surface area (TPSA) is 135 Å². The summed E-state index contributed by atoms with van der Waals surface area (Å²) in [6.45, 7) is 16.0. The second kappa shape index (κ2) is 12.2. The fraction of sp³-hybridized carbons (Fsp3) is 0.552. The summed E-state index contributed by atoms with van der Waals surface area (Å²) in [6.07, 6.45) is 0.762. The normalized spacial score (nSPS) is 14.1. The van der Waals surface area contributed by atoms with Gasteiger partial charge in [-0.05, 0) is 56.9 Å². The molecule has 1 saturated heterocycles. The van der Waals surface area contributed by atoms with Crippen LogP contribution >= 0.6 is 0 Å². The van der Waals surface area contributed by atoms with Gasteiger partial charge >= 0.3 is 5.97 Å². The summed E-state index contributed by atoms with van der Waals surface area (Å²) in [7, 11) is 1.67. The van der Waals surface area contributed by atoms with E-state index < -0.39 is 11.4 Å². The number of carbonyl (C=O) groups is 2. The van der Waals surface area contributed by atoms with Crippen LogP contribution in [0.2, 0.25) is 0 Å². The number of methoxy groups -OCH3 is 1. The van der Waals surface area contributed by atoms with E-state index in [-0.39, 0.29) is 23.4 Å². The van der Waals surface area contributed by atoms with Crippen molar-refractivity contribution in [1.29, 1.82) is 5.41 Å². The molecule has 3 heterocycles. The Morgan fingerprint density at radius 3 is 2.23 bits per heavy atom. The van der Waals surface area contributed by atoms with Crippen molar-refractivity contribution in [3.8, 4) is 5.75 Å². The fourth-order valence-electron chi connectivity index (χ4n) is 4.08. The highest BCUT2D eigenvalue weighted by atomic mass is 16.5. The van der Waals surface area contributed by atoms with Crippen molar-refractivity contribution in [2.75, 3.05) is 38.3 Å². The molecule has 3 aromatic rings. The van der Waals surface area contributed by atoms with Gasteiger partial charge in [-0.15, -0.1) is 5.10 Å². The zero-order chi connectivity index (χ0) is 29.8. The number of nitrogens with zero attached hydrogens (tertiary/aromatic N) is 5. The van der Waals surface area contributed by atoms with Gasteiger partial charge in [0.25, 0.3) is 0 Å². The first-order valence-corrected chi connectivity index (χ1v) is 13.5. The first-order chi connectivity index (χ1) is 18.7. The van der Waals surface area contributed by atoms with Crippen LogP contribution in [0.5, 0.6) is 5.75 Å². The third-order valence-electron chi connectivity index (χ3n) is 6.59. The zero-order valence-electron chi connectivity index (χ0n) is 24.9. The van der Waals surface area contributed by atoms with Crippen molar-refractivity contribution < 1.29 is 24.2 Å². The highest BCUT2D eigenvalue weighted by Crippen LogP contribution is 2.40. The molecular weight excluding hydrogens is 512 g/mol. The number of hydrogen-bond acceptors (Lipinski definition) is 8. The average Bonchev–Trinajstić information content (AvgIpc) is 3.21. The molecule has 0 saturated carbocycles. The number of carboxylic acid groups (broad SMARTS) is 1. The van der Waals surface area contributed by atoms with Crippen LogP contribution in [0.25, 0.3) is 5.65 Å². The van der Waals surface area contributed by atoms with E-state index in [1.54, 1.807) is 27.9 Å². The molecule has 0 atom stereocenters. The Morgan fingerprint density at radius 1 is 1.07 bits per heavy atom. The zero-order valence-corrected chi connectivity index (χ0v) is 24.9. The van der Waals surface area contributed by atoms with Gasteiger partial charge in [-0.2, -0.15) is 9.61 Å². The van der Waals surface area contributed by atoms with Crippen molar-refractivity contribution in [3.05, 3.63) is 46.7 Å². The quantitative estimate of drug-likeness (QED) is 0.440. The van der Waals surface area contributed by atoms with Crippen LogP contribution in [0.3, 0.4) is 0 Å². The molecule has 0 spiro atoms. The molecule has 11 nitrogen and oxygen atoms in total. The maximum absolute atomic E-state index is 13.4. The van der Waals surface area contributed by atoms with Gasteiger partial charge in [-0.1, -0.05) is 27.7 Å². The molecule has 11 heteroatoms. The van der Waals surface area contributed by atoms with E-state index in [4.69, 9.17) is 20.0 Å². The molecule has 1 aliphatic heterocycles. The largest absolute Gasteiger partial charge is 0.494 e. The number of aryl methyl sites for hydroxylation is 1. The lowest BCUT2D eigenvalue weighted by Gasteiger charge is -2.33. The first-order valence-electron chi connectivity index (χ1n) is 13.5. The Kier molecular flexibility index (Phi) is 9.40. The van der Waals surface area contributed by atoms with E-state index in [1.807, 2.05) is 31.2 Å². The fourth-order valence-corrected chi connectivity index (χ4v) is 4.08. The number of fused-ring (bicyclic) bond motifs is 1. The molecule has 40 heavy (non-hydrogen) atoms. The summed E-state index contributed by atoms with van der Waals surface area (Å²) in [5, 5.41) is 25.6. The first kappa shape index (κ1) is 30.8. The third-order valence-corrected chi connectivity index (χ3v) is 6.59. The maximum Gasteiger partial charge on any atom is 0.308 e. The number of carboxylic acids is 1. The number of benzene rings is 1. The number of aromatic nitrogens is 4. The van der Waals surface area contributed by atoms with Gasteiger partial charge in [0.1, 0.15) is 12.3 Å². The Labute approximate surface area is 235 Å². The number of hydrogen-bond donors (Lipinski definition) is 2. The van der Waals surface area contributed by atoms with Crippen molar-refractivity contribution in [1.82, 2.24) is 19.4 Å². The van der Waals surface area contributed by atoms with E-state index in [2.05, 4.69) is 35.9 Å². The van der Waals surface area contributed by atoms with Gasteiger partial charge in [0.15, 0.2) is 11.4 Å². The SMILES string of the molecule is CC(C)(C)C(=O)O.CCc1ccc2nn(CC(=O)c3cc(N4CCOCC4)c(OC)c(C(C)(C)C)c3)c(=N)n2n1. The van der Waals surface area contributed by atoms with Gasteiger partial charge in [0.05, 0.1) is 37.1 Å². The van der Waals surface area contributed by atoms with Crippen LogP contribution < -0.4 is 15.3 Å². The number of rotatable bonds is 6. The van der Waals surface area contributed by atoms with Gasteiger partial charge < -0.3 is 19.5 Å². The molecule has 1 fully saturated rings. The number of aliphatic carboxylic acids is 1. The summed E-state index contributed by atoms with van der Waals surface area (Å²) in [6, 6.07) is 7.53. The standard InChI is InChI=1S/C24H32N6O3.C5H10O2/c1-6-17-7-8-21-27-29(23(25)30(21)26-17)15-20(31)16-13-18(24(2,3)4)22(32-5)19(14-16)28-9-11-33-12-10-28;1-5(2,3)4(6)7/h7-8,13-14,25H,6,9-12,15H2,1-5H3;1-3H3,(H,6,7). The minimum Gasteiger partial charge on any atom is -0.494 e. The predicted octanol–water partition coefficient (Wildman–Crippen LogP) is 3.72. The van der Waals surface area contributed by atoms with Crippen LogP contribution in [0.4, 0.5) is 5.69 Å². The summed E-state index contributed by atoms with van der Waals surface area (Å²) in [5.74, 6) is -0.0819. The maximum atomic E-state index is 13.4. The van der Waals surface area contributed by atoms with Crippen molar-refractivity contribution in [3.63, 3.8) is 0 Å². The van der Waals surface area contributed by atoms with Crippen LogP contribution in [-0.4, -0.2) is 69.7 Å². The van der Waals surface area contributed by atoms with Crippen molar-refractivity contribution >= 4 is 23.1 Å². The second-order valence-corrected chi connectivity index (χ2v) is 11.8. The second-order valence-electron chi connectivity index (χ2n) is 11.8. The highest BCUT2D eigenvalue weighted by molar-refractivity contribution is 5.97. The Bertz CT molecular complexity index is 1420.